The number of nitrogens with zero attached hydrogens (tertiary/aromatic N) is 3. The number of amides is 1. The van der Waals surface area contributed by atoms with E-state index < -0.39 is 6.04 Å². The SMILES string of the molecule is CCN(c1nc(CN(C(=O)[C@@H](N)C2CCCCC2)c2ccc(F)cc2)cs1)C1CC1. The Hall–Kier alpha value is -1.99. The number of hydrogen-bond acceptors (Lipinski definition) is 5. The Morgan fingerprint density at radius 2 is 1.90 bits per heavy atom. The van der Waals surface area contributed by atoms with Crippen LogP contribution in [0.3, 0.4) is 0 Å². The monoisotopic (exact) mass is 430 g/mol. The molecule has 0 aliphatic heterocycles. The minimum atomic E-state index is -0.535. The fourth-order valence-corrected chi connectivity index (χ4v) is 5.34. The molecule has 1 heterocycles. The van der Waals surface area contributed by atoms with E-state index in [-0.39, 0.29) is 17.6 Å². The van der Waals surface area contributed by atoms with E-state index in [1.165, 1.54) is 31.4 Å². The van der Waals surface area contributed by atoms with Crippen molar-refractivity contribution >= 4 is 28.1 Å². The zero-order valence-electron chi connectivity index (χ0n) is 17.6. The van der Waals surface area contributed by atoms with Gasteiger partial charge in [-0.15, -0.1) is 11.3 Å². The lowest BCUT2D eigenvalue weighted by Crippen LogP contribution is -2.48. The number of thiazole rings is 1. The Morgan fingerprint density at radius 3 is 2.53 bits per heavy atom. The molecule has 2 N–H and O–H groups in total. The van der Waals surface area contributed by atoms with E-state index in [2.05, 4.69) is 11.8 Å². The van der Waals surface area contributed by atoms with E-state index in [9.17, 15) is 9.18 Å². The third-order valence-electron chi connectivity index (χ3n) is 6.28. The maximum Gasteiger partial charge on any atom is 0.244 e. The first kappa shape index (κ1) is 21.2. The van der Waals surface area contributed by atoms with Crippen LogP contribution in [0.15, 0.2) is 29.6 Å². The van der Waals surface area contributed by atoms with Crippen molar-refractivity contribution in [3.63, 3.8) is 0 Å². The molecule has 0 spiro atoms. The van der Waals surface area contributed by atoms with Gasteiger partial charge in [-0.25, -0.2) is 9.37 Å². The smallest absolute Gasteiger partial charge is 0.244 e. The number of benzene rings is 1. The molecule has 2 aliphatic rings. The number of anilines is 2. The van der Waals surface area contributed by atoms with Crippen LogP contribution in [-0.2, 0) is 11.3 Å². The van der Waals surface area contributed by atoms with E-state index in [1.54, 1.807) is 28.4 Å². The minimum Gasteiger partial charge on any atom is -0.345 e. The second kappa shape index (κ2) is 9.43. The summed E-state index contributed by atoms with van der Waals surface area (Å²) in [6.45, 7) is 3.44. The molecule has 2 aliphatic carbocycles. The molecule has 0 saturated heterocycles. The van der Waals surface area contributed by atoms with Crippen molar-refractivity contribution in [1.82, 2.24) is 4.98 Å². The molecule has 1 aromatic heterocycles. The maximum atomic E-state index is 13.5. The van der Waals surface area contributed by atoms with Gasteiger partial charge < -0.3 is 15.5 Å². The second-order valence-corrected chi connectivity index (χ2v) is 9.30. The van der Waals surface area contributed by atoms with E-state index in [4.69, 9.17) is 10.7 Å². The van der Waals surface area contributed by atoms with Gasteiger partial charge >= 0.3 is 0 Å². The summed E-state index contributed by atoms with van der Waals surface area (Å²) in [5.41, 5.74) is 7.96. The maximum absolute atomic E-state index is 13.5. The van der Waals surface area contributed by atoms with Crippen LogP contribution >= 0.6 is 11.3 Å². The molecule has 1 aromatic carbocycles. The zero-order chi connectivity index (χ0) is 21.1. The number of halogens is 1. The van der Waals surface area contributed by atoms with Crippen molar-refractivity contribution in [2.75, 3.05) is 16.3 Å². The predicted molar refractivity (Wildman–Crippen MR) is 120 cm³/mol. The Kier molecular flexibility index (Phi) is 6.68. The van der Waals surface area contributed by atoms with Gasteiger partial charge in [0.15, 0.2) is 5.13 Å². The summed E-state index contributed by atoms with van der Waals surface area (Å²) in [7, 11) is 0. The first-order valence-corrected chi connectivity index (χ1v) is 12.0. The van der Waals surface area contributed by atoms with Crippen LogP contribution in [0.1, 0.15) is 57.6 Å². The Balaban J connectivity index is 1.55. The van der Waals surface area contributed by atoms with Gasteiger partial charge in [0.05, 0.1) is 18.3 Å². The highest BCUT2D eigenvalue weighted by Crippen LogP contribution is 2.34. The third kappa shape index (κ3) is 4.83. The lowest BCUT2D eigenvalue weighted by atomic mass is 9.83. The van der Waals surface area contributed by atoms with Crippen LogP contribution in [0.2, 0.25) is 0 Å². The Morgan fingerprint density at radius 1 is 1.20 bits per heavy atom. The molecule has 4 rings (SSSR count). The highest BCUT2D eigenvalue weighted by atomic mass is 32.1. The van der Waals surface area contributed by atoms with E-state index in [0.717, 1.165) is 43.1 Å². The van der Waals surface area contributed by atoms with Gasteiger partial charge in [0.2, 0.25) is 5.91 Å². The van der Waals surface area contributed by atoms with E-state index >= 15 is 0 Å². The third-order valence-corrected chi connectivity index (χ3v) is 7.21. The molecule has 0 radical (unpaired) electrons. The standard InChI is InChI=1S/C23H31FN4OS/c1-2-27(19-12-13-19)23-26-18(15-30-23)14-28(20-10-8-17(24)9-11-20)22(29)21(25)16-6-4-3-5-7-16/h8-11,15-16,19,21H,2-7,12-14,25H2,1H3/t21-/m0/s1. The molecule has 30 heavy (non-hydrogen) atoms. The first-order chi connectivity index (χ1) is 14.6. The molecule has 162 valence electrons. The fraction of sp³-hybridized carbons (Fsp3) is 0.565. The molecular weight excluding hydrogens is 399 g/mol. The molecule has 0 unspecified atom stereocenters. The number of rotatable bonds is 8. The van der Waals surface area contributed by atoms with Crippen molar-refractivity contribution in [2.45, 2.75) is 70.5 Å². The largest absolute Gasteiger partial charge is 0.345 e. The molecule has 7 heteroatoms. The summed E-state index contributed by atoms with van der Waals surface area (Å²) < 4.78 is 13.5. The van der Waals surface area contributed by atoms with Gasteiger partial charge in [0, 0.05) is 23.7 Å². The van der Waals surface area contributed by atoms with Gasteiger partial charge in [-0.2, -0.15) is 0 Å². The Labute approximate surface area is 182 Å². The second-order valence-electron chi connectivity index (χ2n) is 8.46. The van der Waals surface area contributed by atoms with Crippen molar-refractivity contribution in [3.05, 3.63) is 41.2 Å². The van der Waals surface area contributed by atoms with Crippen molar-refractivity contribution in [2.24, 2.45) is 11.7 Å². The van der Waals surface area contributed by atoms with Gasteiger partial charge in [-0.05, 0) is 62.8 Å². The molecule has 2 fully saturated rings. The number of nitrogens with two attached hydrogens (primary N) is 1. The summed E-state index contributed by atoms with van der Waals surface area (Å²) in [5, 5.41) is 3.04. The number of aromatic nitrogens is 1. The van der Waals surface area contributed by atoms with Gasteiger partial charge in [-0.1, -0.05) is 19.3 Å². The van der Waals surface area contributed by atoms with Crippen molar-refractivity contribution in [3.8, 4) is 0 Å². The Bertz CT molecular complexity index is 845. The summed E-state index contributed by atoms with van der Waals surface area (Å²) in [5.74, 6) is -0.204. The highest BCUT2D eigenvalue weighted by Gasteiger charge is 2.32. The number of carbonyl (C=O) groups is 1. The summed E-state index contributed by atoms with van der Waals surface area (Å²) >= 11 is 1.62. The fourth-order valence-electron chi connectivity index (χ4n) is 4.39. The van der Waals surface area contributed by atoms with Crippen LogP contribution in [0.25, 0.3) is 0 Å². The van der Waals surface area contributed by atoms with Crippen molar-refractivity contribution < 1.29 is 9.18 Å². The molecular formula is C23H31FN4OS. The molecule has 2 saturated carbocycles. The molecule has 1 amide bonds. The van der Waals surface area contributed by atoms with Crippen LogP contribution in [-0.4, -0.2) is 29.5 Å². The molecule has 2 aromatic rings. The lowest BCUT2D eigenvalue weighted by Gasteiger charge is -2.31. The normalized spacial score (nSPS) is 18.2. The van der Waals surface area contributed by atoms with Crippen molar-refractivity contribution in [1.29, 1.82) is 0 Å². The van der Waals surface area contributed by atoms with Gasteiger partial charge in [-0.3, -0.25) is 4.79 Å². The quantitative estimate of drug-likeness (QED) is 0.659. The lowest BCUT2D eigenvalue weighted by molar-refractivity contribution is -0.121. The van der Waals surface area contributed by atoms with E-state index in [0.29, 0.717) is 18.3 Å². The summed E-state index contributed by atoms with van der Waals surface area (Å²) in [6.07, 6.45) is 7.92. The molecule has 0 bridgehead atoms. The zero-order valence-corrected chi connectivity index (χ0v) is 18.4. The van der Waals surface area contributed by atoms with Crippen LogP contribution in [0, 0.1) is 11.7 Å². The molecule has 1 atom stereocenters. The van der Waals surface area contributed by atoms with Crippen LogP contribution in [0.5, 0.6) is 0 Å². The van der Waals surface area contributed by atoms with Crippen LogP contribution < -0.4 is 15.5 Å². The number of hydrogen-bond donors (Lipinski definition) is 1. The predicted octanol–water partition coefficient (Wildman–Crippen LogP) is 4.71. The summed E-state index contributed by atoms with van der Waals surface area (Å²) in [4.78, 5) is 22.3. The van der Waals surface area contributed by atoms with Gasteiger partial charge in [0.25, 0.3) is 0 Å². The molecule has 5 nitrogen and oxygen atoms in total. The average molecular weight is 431 g/mol. The van der Waals surface area contributed by atoms with E-state index in [1.807, 2.05) is 5.38 Å². The highest BCUT2D eigenvalue weighted by molar-refractivity contribution is 7.13. The topological polar surface area (TPSA) is 62.5 Å². The average Bonchev–Trinajstić information content (AvgIpc) is 3.51. The number of carbonyl (C=O) groups excluding carboxylic acids is 1. The first-order valence-electron chi connectivity index (χ1n) is 11.1. The minimum absolute atomic E-state index is 0.0994. The van der Waals surface area contributed by atoms with Crippen LogP contribution in [0.4, 0.5) is 15.2 Å². The summed E-state index contributed by atoms with van der Waals surface area (Å²) in [6, 6.07) is 6.14. The van der Waals surface area contributed by atoms with Gasteiger partial charge in [0.1, 0.15) is 5.82 Å².